The number of hydrogen-bond donors (Lipinski definition) is 3. The van der Waals surface area contributed by atoms with Crippen LogP contribution in [0.1, 0.15) is 25.5 Å². The Balaban J connectivity index is 1.93. The molecule has 0 radical (unpaired) electrons. The summed E-state index contributed by atoms with van der Waals surface area (Å²) in [5.74, 6) is 1.33. The van der Waals surface area contributed by atoms with Gasteiger partial charge in [0.25, 0.3) is 0 Å². The Morgan fingerprint density at radius 3 is 2.95 bits per heavy atom. The molecule has 7 nitrogen and oxygen atoms in total. The van der Waals surface area contributed by atoms with Crippen LogP contribution in [0.15, 0.2) is 30.7 Å². The highest BCUT2D eigenvalue weighted by Crippen LogP contribution is 2.24. The van der Waals surface area contributed by atoms with Gasteiger partial charge in [0.2, 0.25) is 5.95 Å². The highest BCUT2D eigenvalue weighted by molar-refractivity contribution is 5.87. The number of aromatic amines is 1. The summed E-state index contributed by atoms with van der Waals surface area (Å²) in [4.78, 5) is 13.0. The molecular formula is C14H17N7. The number of anilines is 2. The topological polar surface area (TPSA) is 91.4 Å². The van der Waals surface area contributed by atoms with Gasteiger partial charge in [0.1, 0.15) is 5.82 Å². The van der Waals surface area contributed by atoms with E-state index in [-0.39, 0.29) is 6.04 Å². The quantitative estimate of drug-likeness (QED) is 0.666. The maximum atomic E-state index is 4.51. The first-order chi connectivity index (χ1) is 10.3. The molecule has 0 aliphatic heterocycles. The fraction of sp³-hybridized carbons (Fsp3) is 0.286. The van der Waals surface area contributed by atoms with Crippen molar-refractivity contribution < 1.29 is 0 Å². The molecular weight excluding hydrogens is 266 g/mol. The first-order valence-electron chi connectivity index (χ1n) is 6.89. The summed E-state index contributed by atoms with van der Waals surface area (Å²) < 4.78 is 0. The van der Waals surface area contributed by atoms with Crippen LogP contribution in [0.5, 0.6) is 0 Å². The highest BCUT2D eigenvalue weighted by Gasteiger charge is 2.12. The molecule has 0 aromatic carbocycles. The molecule has 3 N–H and O–H groups in total. The van der Waals surface area contributed by atoms with Gasteiger partial charge in [-0.2, -0.15) is 15.1 Å². The van der Waals surface area contributed by atoms with Crippen LogP contribution in [0, 0.1) is 0 Å². The van der Waals surface area contributed by atoms with Gasteiger partial charge in [0, 0.05) is 18.9 Å². The van der Waals surface area contributed by atoms with Crippen LogP contribution in [0.3, 0.4) is 0 Å². The molecule has 1 unspecified atom stereocenters. The Labute approximate surface area is 122 Å². The second-order valence-corrected chi connectivity index (χ2v) is 4.71. The van der Waals surface area contributed by atoms with Gasteiger partial charge < -0.3 is 10.6 Å². The van der Waals surface area contributed by atoms with Gasteiger partial charge in [-0.25, -0.2) is 0 Å². The summed E-state index contributed by atoms with van der Waals surface area (Å²) in [6.07, 6.45) is 5.33. The van der Waals surface area contributed by atoms with Gasteiger partial charge in [0.05, 0.1) is 17.6 Å². The molecule has 0 saturated heterocycles. The van der Waals surface area contributed by atoms with Crippen LogP contribution in [0.2, 0.25) is 0 Å². The zero-order valence-corrected chi connectivity index (χ0v) is 12.0. The SMILES string of the molecule is CCNc1nc(NC(C)c2cccnc2)c2cn[nH]c2n1. The van der Waals surface area contributed by atoms with Crippen LogP contribution in [-0.2, 0) is 0 Å². The largest absolute Gasteiger partial charge is 0.363 e. The molecule has 0 spiro atoms. The third-order valence-corrected chi connectivity index (χ3v) is 3.18. The number of pyridine rings is 1. The van der Waals surface area contributed by atoms with Crippen LogP contribution in [0.4, 0.5) is 11.8 Å². The van der Waals surface area contributed by atoms with E-state index >= 15 is 0 Å². The van der Waals surface area contributed by atoms with E-state index in [1.165, 1.54) is 0 Å². The van der Waals surface area contributed by atoms with E-state index in [9.17, 15) is 0 Å². The normalized spacial score (nSPS) is 12.3. The fourth-order valence-electron chi connectivity index (χ4n) is 2.10. The Hall–Kier alpha value is -2.70. The maximum Gasteiger partial charge on any atom is 0.226 e. The van der Waals surface area contributed by atoms with Crippen LogP contribution in [0.25, 0.3) is 11.0 Å². The molecule has 0 saturated carbocycles. The number of H-pyrrole nitrogens is 1. The standard InChI is InChI=1S/C14H17N7/c1-3-16-14-19-12(11-8-17-21-13(11)20-14)18-9(2)10-5-4-6-15-7-10/h4-9H,3H2,1-2H3,(H3,16,17,18,19,20,21). The van der Waals surface area contributed by atoms with Gasteiger partial charge in [-0.15, -0.1) is 0 Å². The molecule has 108 valence electrons. The van der Waals surface area contributed by atoms with Crippen LogP contribution in [-0.4, -0.2) is 31.7 Å². The maximum absolute atomic E-state index is 4.51. The summed E-state index contributed by atoms with van der Waals surface area (Å²) >= 11 is 0. The lowest BCUT2D eigenvalue weighted by atomic mass is 10.1. The van der Waals surface area contributed by atoms with Gasteiger partial charge in [0.15, 0.2) is 5.65 Å². The lowest BCUT2D eigenvalue weighted by Gasteiger charge is -2.15. The predicted molar refractivity (Wildman–Crippen MR) is 82.1 cm³/mol. The van der Waals surface area contributed by atoms with Crippen molar-refractivity contribution in [2.45, 2.75) is 19.9 Å². The van der Waals surface area contributed by atoms with E-state index in [2.05, 4.69) is 42.7 Å². The number of nitrogens with one attached hydrogen (secondary N) is 3. The molecule has 0 aliphatic rings. The van der Waals surface area contributed by atoms with Crippen molar-refractivity contribution in [1.29, 1.82) is 0 Å². The van der Waals surface area contributed by atoms with Crippen molar-refractivity contribution in [3.8, 4) is 0 Å². The van der Waals surface area contributed by atoms with Crippen LogP contribution < -0.4 is 10.6 Å². The number of aromatic nitrogens is 5. The lowest BCUT2D eigenvalue weighted by Crippen LogP contribution is -2.10. The zero-order chi connectivity index (χ0) is 14.7. The Morgan fingerprint density at radius 2 is 2.19 bits per heavy atom. The minimum Gasteiger partial charge on any atom is -0.363 e. The summed E-state index contributed by atoms with van der Waals surface area (Å²) in [5.41, 5.74) is 1.81. The Kier molecular flexibility index (Phi) is 3.63. The van der Waals surface area contributed by atoms with Gasteiger partial charge in [-0.05, 0) is 25.5 Å². The van der Waals surface area contributed by atoms with Crippen molar-refractivity contribution in [2.24, 2.45) is 0 Å². The third-order valence-electron chi connectivity index (χ3n) is 3.18. The summed E-state index contributed by atoms with van der Waals surface area (Å²) in [6, 6.07) is 4.04. The molecule has 21 heavy (non-hydrogen) atoms. The molecule has 1 atom stereocenters. The van der Waals surface area contributed by atoms with Crippen LogP contribution >= 0.6 is 0 Å². The highest BCUT2D eigenvalue weighted by atomic mass is 15.2. The Bertz CT molecular complexity index is 723. The molecule has 0 fully saturated rings. The van der Waals surface area contributed by atoms with Gasteiger partial charge in [-0.3, -0.25) is 10.1 Å². The monoisotopic (exact) mass is 283 g/mol. The summed E-state index contributed by atoms with van der Waals surface area (Å²) in [7, 11) is 0. The van der Waals surface area contributed by atoms with E-state index in [0.29, 0.717) is 11.6 Å². The van der Waals surface area contributed by atoms with Crippen molar-refractivity contribution >= 4 is 22.8 Å². The smallest absolute Gasteiger partial charge is 0.226 e. The Morgan fingerprint density at radius 1 is 1.29 bits per heavy atom. The average Bonchev–Trinajstić information content (AvgIpc) is 2.97. The van der Waals surface area contributed by atoms with Crippen molar-refractivity contribution in [3.63, 3.8) is 0 Å². The number of nitrogens with zero attached hydrogens (tertiary/aromatic N) is 4. The first kappa shape index (κ1) is 13.3. The van der Waals surface area contributed by atoms with E-state index in [1.54, 1.807) is 12.4 Å². The summed E-state index contributed by atoms with van der Waals surface area (Å²) in [5, 5.41) is 14.3. The van der Waals surface area contributed by atoms with Crippen molar-refractivity contribution in [1.82, 2.24) is 25.1 Å². The average molecular weight is 283 g/mol. The number of fused-ring (bicyclic) bond motifs is 1. The van der Waals surface area contributed by atoms with E-state index in [0.717, 1.165) is 23.3 Å². The first-order valence-corrected chi connectivity index (χ1v) is 6.89. The number of rotatable bonds is 5. The summed E-state index contributed by atoms with van der Waals surface area (Å²) in [6.45, 7) is 4.83. The van der Waals surface area contributed by atoms with E-state index in [4.69, 9.17) is 0 Å². The molecule has 3 rings (SSSR count). The van der Waals surface area contributed by atoms with Crippen molar-refractivity contribution in [2.75, 3.05) is 17.2 Å². The molecule has 7 heteroatoms. The van der Waals surface area contributed by atoms with E-state index in [1.807, 2.05) is 25.3 Å². The van der Waals surface area contributed by atoms with Gasteiger partial charge >= 0.3 is 0 Å². The number of hydrogen-bond acceptors (Lipinski definition) is 6. The fourth-order valence-corrected chi connectivity index (χ4v) is 2.10. The predicted octanol–water partition coefficient (Wildman–Crippen LogP) is 2.35. The molecule has 0 aliphatic carbocycles. The third kappa shape index (κ3) is 2.76. The van der Waals surface area contributed by atoms with Crippen molar-refractivity contribution in [3.05, 3.63) is 36.3 Å². The van der Waals surface area contributed by atoms with Gasteiger partial charge in [-0.1, -0.05) is 6.07 Å². The molecule has 3 aromatic rings. The minimum absolute atomic E-state index is 0.0844. The minimum atomic E-state index is 0.0844. The van der Waals surface area contributed by atoms with E-state index < -0.39 is 0 Å². The molecule has 3 aromatic heterocycles. The molecule has 0 bridgehead atoms. The second-order valence-electron chi connectivity index (χ2n) is 4.71. The molecule has 3 heterocycles. The lowest BCUT2D eigenvalue weighted by molar-refractivity contribution is 0.867. The molecule has 0 amide bonds. The zero-order valence-electron chi connectivity index (χ0n) is 12.0. The second kappa shape index (κ2) is 5.74.